The van der Waals surface area contributed by atoms with Crippen LogP contribution in [0.3, 0.4) is 0 Å². The van der Waals surface area contributed by atoms with Crippen LogP contribution in [0, 0.1) is 18.3 Å². The molecule has 3 aromatic carbocycles. The summed E-state index contributed by atoms with van der Waals surface area (Å²) < 4.78 is 0. The molecule has 0 amide bonds. The van der Waals surface area contributed by atoms with Gasteiger partial charge in [-0.3, -0.25) is 0 Å². The molecule has 0 aliphatic rings. The highest BCUT2D eigenvalue weighted by Crippen LogP contribution is 2.35. The fourth-order valence-corrected chi connectivity index (χ4v) is 3.00. The van der Waals surface area contributed by atoms with Gasteiger partial charge in [0.05, 0.1) is 6.07 Å². The van der Waals surface area contributed by atoms with Crippen LogP contribution >= 0.6 is 0 Å². The minimum Gasteiger partial charge on any atom is -0.197 e. The van der Waals surface area contributed by atoms with Crippen LogP contribution in [-0.2, 0) is 11.8 Å². The molecule has 1 nitrogen and oxygen atoms in total. The molecule has 0 aliphatic carbocycles. The molecule has 1 heteroatoms. The Morgan fingerprint density at radius 2 is 1.22 bits per heavy atom. The minimum absolute atomic E-state index is 0.664. The Balaban J connectivity index is 2.13. The zero-order valence-electron chi connectivity index (χ0n) is 13.2. The molecule has 0 saturated carbocycles. The lowest BCUT2D eigenvalue weighted by atomic mass is 9.71. The fourth-order valence-electron chi connectivity index (χ4n) is 3.00. The molecule has 0 N–H and O–H groups in total. The van der Waals surface area contributed by atoms with Crippen LogP contribution in [0.15, 0.2) is 84.9 Å². The van der Waals surface area contributed by atoms with Crippen molar-refractivity contribution in [2.24, 2.45) is 0 Å². The molecule has 0 bridgehead atoms. The van der Waals surface area contributed by atoms with Crippen LogP contribution in [0.4, 0.5) is 0 Å². The lowest BCUT2D eigenvalue weighted by Crippen LogP contribution is -2.28. The SMILES string of the molecule is Cc1ccc(CC(C#N)(c2ccccc2)c2ccccc2)cc1. The maximum absolute atomic E-state index is 10.1. The van der Waals surface area contributed by atoms with Crippen molar-refractivity contribution >= 4 is 0 Å². The second-order valence-electron chi connectivity index (χ2n) is 5.91. The normalized spacial score (nSPS) is 11.0. The summed E-state index contributed by atoms with van der Waals surface area (Å²) in [6.07, 6.45) is 0.664. The highest BCUT2D eigenvalue weighted by molar-refractivity contribution is 5.48. The number of nitrogens with zero attached hydrogens (tertiary/aromatic N) is 1. The third-order valence-electron chi connectivity index (χ3n) is 4.31. The van der Waals surface area contributed by atoms with Gasteiger partial charge in [-0.15, -0.1) is 0 Å². The number of benzene rings is 3. The summed E-state index contributed by atoms with van der Waals surface area (Å²) >= 11 is 0. The molecular weight excluding hydrogens is 278 g/mol. The van der Waals surface area contributed by atoms with E-state index >= 15 is 0 Å². The molecule has 0 fully saturated rings. The molecule has 23 heavy (non-hydrogen) atoms. The van der Waals surface area contributed by atoms with Gasteiger partial charge < -0.3 is 0 Å². The van der Waals surface area contributed by atoms with Crippen LogP contribution in [0.5, 0.6) is 0 Å². The predicted molar refractivity (Wildman–Crippen MR) is 94.2 cm³/mol. The maximum atomic E-state index is 10.1. The van der Waals surface area contributed by atoms with E-state index in [1.807, 2.05) is 60.7 Å². The molecule has 0 radical (unpaired) electrons. The molecule has 3 rings (SSSR count). The van der Waals surface area contributed by atoms with Crippen LogP contribution in [0.2, 0.25) is 0 Å². The summed E-state index contributed by atoms with van der Waals surface area (Å²) in [5.41, 5.74) is 3.81. The van der Waals surface area contributed by atoms with E-state index < -0.39 is 5.41 Å². The largest absolute Gasteiger partial charge is 0.197 e. The Bertz CT molecular complexity index is 757. The van der Waals surface area contributed by atoms with Crippen LogP contribution < -0.4 is 0 Å². The van der Waals surface area contributed by atoms with Gasteiger partial charge in [0.1, 0.15) is 5.41 Å². The fraction of sp³-hybridized carbons (Fsp3) is 0.136. The molecule has 3 aromatic rings. The molecular formula is C22H19N. The number of hydrogen-bond donors (Lipinski definition) is 0. The van der Waals surface area contributed by atoms with Gasteiger partial charge in [-0.1, -0.05) is 90.5 Å². The van der Waals surface area contributed by atoms with E-state index in [9.17, 15) is 5.26 Å². The molecule has 0 heterocycles. The summed E-state index contributed by atoms with van der Waals surface area (Å²) in [4.78, 5) is 0. The quantitative estimate of drug-likeness (QED) is 0.661. The average molecular weight is 297 g/mol. The van der Waals surface area contributed by atoms with Gasteiger partial charge in [-0.05, 0) is 30.0 Å². The van der Waals surface area contributed by atoms with E-state index in [1.165, 1.54) is 11.1 Å². The molecule has 0 aliphatic heterocycles. The third-order valence-corrected chi connectivity index (χ3v) is 4.31. The Hall–Kier alpha value is -2.85. The number of hydrogen-bond acceptors (Lipinski definition) is 1. The molecule has 0 unspecified atom stereocenters. The number of aryl methyl sites for hydroxylation is 1. The summed E-state index contributed by atoms with van der Waals surface area (Å²) in [6.45, 7) is 2.08. The second-order valence-corrected chi connectivity index (χ2v) is 5.91. The average Bonchev–Trinajstić information content (AvgIpc) is 2.63. The van der Waals surface area contributed by atoms with Crippen molar-refractivity contribution < 1.29 is 0 Å². The first-order valence-corrected chi connectivity index (χ1v) is 7.82. The smallest absolute Gasteiger partial charge is 0.111 e. The maximum Gasteiger partial charge on any atom is 0.111 e. The molecule has 0 spiro atoms. The van der Waals surface area contributed by atoms with E-state index in [0.717, 1.165) is 11.1 Å². The number of nitriles is 1. The van der Waals surface area contributed by atoms with Crippen molar-refractivity contribution in [1.29, 1.82) is 5.26 Å². The van der Waals surface area contributed by atoms with Crippen molar-refractivity contribution in [3.8, 4) is 6.07 Å². The molecule has 112 valence electrons. The molecule has 0 atom stereocenters. The Morgan fingerprint density at radius 1 is 0.739 bits per heavy atom. The van der Waals surface area contributed by atoms with Crippen LogP contribution in [0.25, 0.3) is 0 Å². The Labute approximate surface area is 137 Å². The summed E-state index contributed by atoms with van der Waals surface area (Å²) in [5.74, 6) is 0. The third kappa shape index (κ3) is 3.03. The van der Waals surface area contributed by atoms with E-state index in [-0.39, 0.29) is 0 Å². The first kappa shape index (κ1) is 15.1. The van der Waals surface area contributed by atoms with Gasteiger partial charge in [0.2, 0.25) is 0 Å². The van der Waals surface area contributed by atoms with Crippen LogP contribution in [0.1, 0.15) is 22.3 Å². The summed E-state index contributed by atoms with van der Waals surface area (Å²) in [7, 11) is 0. The highest BCUT2D eigenvalue weighted by atomic mass is 14.4. The molecule has 0 aromatic heterocycles. The summed E-state index contributed by atoms with van der Waals surface area (Å²) in [5, 5.41) is 10.1. The van der Waals surface area contributed by atoms with E-state index in [1.54, 1.807) is 0 Å². The van der Waals surface area contributed by atoms with Gasteiger partial charge in [-0.2, -0.15) is 5.26 Å². The Kier molecular flexibility index (Phi) is 4.26. The second kappa shape index (κ2) is 6.50. The first-order valence-electron chi connectivity index (χ1n) is 7.82. The lowest BCUT2D eigenvalue weighted by molar-refractivity contribution is 0.653. The first-order chi connectivity index (χ1) is 11.2. The van der Waals surface area contributed by atoms with Crippen molar-refractivity contribution in [1.82, 2.24) is 0 Å². The van der Waals surface area contributed by atoms with Gasteiger partial charge in [-0.25, -0.2) is 0 Å². The molecule has 0 saturated heterocycles. The van der Waals surface area contributed by atoms with Crippen molar-refractivity contribution in [3.63, 3.8) is 0 Å². The zero-order chi connectivity index (χ0) is 16.1. The van der Waals surface area contributed by atoms with Crippen molar-refractivity contribution in [2.45, 2.75) is 18.8 Å². The van der Waals surface area contributed by atoms with Gasteiger partial charge in [0, 0.05) is 0 Å². The van der Waals surface area contributed by atoms with Crippen molar-refractivity contribution in [3.05, 3.63) is 107 Å². The van der Waals surface area contributed by atoms with E-state index in [0.29, 0.717) is 6.42 Å². The lowest BCUT2D eigenvalue weighted by Gasteiger charge is -2.28. The van der Waals surface area contributed by atoms with Gasteiger partial charge >= 0.3 is 0 Å². The minimum atomic E-state index is -0.669. The van der Waals surface area contributed by atoms with E-state index in [4.69, 9.17) is 0 Å². The monoisotopic (exact) mass is 297 g/mol. The van der Waals surface area contributed by atoms with Crippen molar-refractivity contribution in [2.75, 3.05) is 0 Å². The van der Waals surface area contributed by atoms with E-state index in [2.05, 4.69) is 37.3 Å². The van der Waals surface area contributed by atoms with Gasteiger partial charge in [0.25, 0.3) is 0 Å². The van der Waals surface area contributed by atoms with Crippen LogP contribution in [-0.4, -0.2) is 0 Å². The highest BCUT2D eigenvalue weighted by Gasteiger charge is 2.34. The summed E-state index contributed by atoms with van der Waals surface area (Å²) in [6, 6.07) is 31.2. The predicted octanol–water partition coefficient (Wildman–Crippen LogP) is 5.05. The van der Waals surface area contributed by atoms with Gasteiger partial charge in [0.15, 0.2) is 0 Å². The Morgan fingerprint density at radius 3 is 1.65 bits per heavy atom. The standard InChI is InChI=1S/C22H19N/c1-18-12-14-19(15-13-18)16-22(17-23,20-8-4-2-5-9-20)21-10-6-3-7-11-21/h2-15H,16H2,1H3. The topological polar surface area (TPSA) is 23.8 Å². The zero-order valence-corrected chi connectivity index (χ0v) is 13.2. The number of rotatable bonds is 4.